The first-order chi connectivity index (χ1) is 9.83. The Kier molecular flexibility index (Phi) is 3.29. The highest BCUT2D eigenvalue weighted by molar-refractivity contribution is 5.69. The predicted octanol–water partition coefficient (Wildman–Crippen LogP) is 3.59. The molecule has 2 N–H and O–H groups in total. The second-order valence-electron chi connectivity index (χ2n) is 4.30. The van der Waals surface area contributed by atoms with Crippen LogP contribution in [0.3, 0.4) is 0 Å². The molecule has 20 heavy (non-hydrogen) atoms. The molecule has 0 radical (unpaired) electrons. The quantitative estimate of drug-likeness (QED) is 0.758. The Morgan fingerprint density at radius 2 is 1.45 bits per heavy atom. The number of para-hydroxylation sites is 2. The summed E-state index contributed by atoms with van der Waals surface area (Å²) in [5, 5.41) is 12.9. The monoisotopic (exact) mass is 263 g/mol. The standard InChI is InChI=1S/C16H13N3O/c20-15-9-5-4-8-14(15)12-10-17-16(18-11-12)19-13-6-2-1-3-7-13/h1-11,20H,(H,17,18,19). The number of nitrogens with one attached hydrogen (secondary N) is 1. The van der Waals surface area contributed by atoms with Crippen molar-refractivity contribution in [2.45, 2.75) is 0 Å². The minimum absolute atomic E-state index is 0.222. The summed E-state index contributed by atoms with van der Waals surface area (Å²) in [5.74, 6) is 0.746. The van der Waals surface area contributed by atoms with Crippen LogP contribution >= 0.6 is 0 Å². The van der Waals surface area contributed by atoms with Gasteiger partial charge in [-0.1, -0.05) is 36.4 Å². The predicted molar refractivity (Wildman–Crippen MR) is 78.9 cm³/mol. The number of aromatic hydroxyl groups is 1. The molecule has 98 valence electrons. The van der Waals surface area contributed by atoms with Gasteiger partial charge in [-0.25, -0.2) is 9.97 Å². The van der Waals surface area contributed by atoms with Gasteiger partial charge in [0, 0.05) is 29.2 Å². The zero-order valence-corrected chi connectivity index (χ0v) is 10.7. The van der Waals surface area contributed by atoms with Crippen molar-refractivity contribution >= 4 is 11.6 Å². The molecule has 3 rings (SSSR count). The average Bonchev–Trinajstić information content (AvgIpc) is 2.50. The Bertz CT molecular complexity index is 696. The average molecular weight is 263 g/mol. The Morgan fingerprint density at radius 3 is 2.15 bits per heavy atom. The van der Waals surface area contributed by atoms with Gasteiger partial charge in [0.05, 0.1) is 0 Å². The molecule has 2 aromatic carbocycles. The van der Waals surface area contributed by atoms with Crippen LogP contribution in [-0.2, 0) is 0 Å². The molecule has 0 aliphatic carbocycles. The van der Waals surface area contributed by atoms with E-state index in [1.54, 1.807) is 24.5 Å². The molecular weight excluding hydrogens is 250 g/mol. The number of hydrogen-bond acceptors (Lipinski definition) is 4. The van der Waals surface area contributed by atoms with E-state index in [0.717, 1.165) is 16.8 Å². The maximum atomic E-state index is 9.80. The summed E-state index contributed by atoms with van der Waals surface area (Å²) in [7, 11) is 0. The minimum atomic E-state index is 0.222. The molecule has 0 fully saturated rings. The van der Waals surface area contributed by atoms with Crippen LogP contribution in [0.4, 0.5) is 11.6 Å². The van der Waals surface area contributed by atoms with Crippen molar-refractivity contribution in [2.75, 3.05) is 5.32 Å². The van der Waals surface area contributed by atoms with Crippen LogP contribution in [-0.4, -0.2) is 15.1 Å². The van der Waals surface area contributed by atoms with Gasteiger partial charge in [-0.3, -0.25) is 0 Å². The van der Waals surface area contributed by atoms with Gasteiger partial charge in [0.2, 0.25) is 5.95 Å². The molecule has 0 aliphatic heterocycles. The van der Waals surface area contributed by atoms with Gasteiger partial charge in [0.25, 0.3) is 0 Å². The summed E-state index contributed by atoms with van der Waals surface area (Å²) >= 11 is 0. The lowest BCUT2D eigenvalue weighted by Crippen LogP contribution is -1.96. The molecule has 1 aromatic heterocycles. The van der Waals surface area contributed by atoms with Crippen molar-refractivity contribution in [1.82, 2.24) is 9.97 Å². The first kappa shape index (κ1) is 12.2. The zero-order chi connectivity index (χ0) is 13.8. The van der Waals surface area contributed by atoms with Gasteiger partial charge in [-0.05, 0) is 18.2 Å². The van der Waals surface area contributed by atoms with E-state index in [1.807, 2.05) is 42.5 Å². The summed E-state index contributed by atoms with van der Waals surface area (Å²) in [6, 6.07) is 16.9. The van der Waals surface area contributed by atoms with E-state index in [-0.39, 0.29) is 5.75 Å². The molecule has 0 saturated carbocycles. The van der Waals surface area contributed by atoms with Gasteiger partial charge in [0.1, 0.15) is 5.75 Å². The van der Waals surface area contributed by atoms with Crippen LogP contribution < -0.4 is 5.32 Å². The van der Waals surface area contributed by atoms with Gasteiger partial charge in [-0.15, -0.1) is 0 Å². The summed E-state index contributed by atoms with van der Waals surface area (Å²) in [6.07, 6.45) is 3.38. The lowest BCUT2D eigenvalue weighted by atomic mass is 10.1. The lowest BCUT2D eigenvalue weighted by molar-refractivity contribution is 0.477. The van der Waals surface area contributed by atoms with E-state index in [9.17, 15) is 5.11 Å². The molecule has 0 unspecified atom stereocenters. The largest absolute Gasteiger partial charge is 0.507 e. The van der Waals surface area contributed by atoms with Crippen molar-refractivity contribution in [3.05, 3.63) is 67.0 Å². The number of anilines is 2. The number of rotatable bonds is 3. The van der Waals surface area contributed by atoms with Crippen LogP contribution in [0, 0.1) is 0 Å². The van der Waals surface area contributed by atoms with Crippen molar-refractivity contribution in [2.24, 2.45) is 0 Å². The fourth-order valence-corrected chi connectivity index (χ4v) is 1.90. The Labute approximate surface area is 116 Å². The van der Waals surface area contributed by atoms with Gasteiger partial charge in [-0.2, -0.15) is 0 Å². The van der Waals surface area contributed by atoms with E-state index in [0.29, 0.717) is 5.95 Å². The maximum Gasteiger partial charge on any atom is 0.227 e. The normalized spacial score (nSPS) is 10.2. The van der Waals surface area contributed by atoms with E-state index in [2.05, 4.69) is 15.3 Å². The van der Waals surface area contributed by atoms with Crippen LogP contribution in [0.5, 0.6) is 5.75 Å². The number of nitrogens with zero attached hydrogens (tertiary/aromatic N) is 2. The fraction of sp³-hybridized carbons (Fsp3) is 0. The van der Waals surface area contributed by atoms with Crippen molar-refractivity contribution < 1.29 is 5.11 Å². The van der Waals surface area contributed by atoms with Crippen LogP contribution in [0.1, 0.15) is 0 Å². The second-order valence-corrected chi connectivity index (χ2v) is 4.30. The van der Waals surface area contributed by atoms with Crippen LogP contribution in [0.15, 0.2) is 67.0 Å². The number of phenols is 1. The van der Waals surface area contributed by atoms with Gasteiger partial charge >= 0.3 is 0 Å². The highest BCUT2D eigenvalue weighted by Crippen LogP contribution is 2.27. The van der Waals surface area contributed by atoms with Crippen LogP contribution in [0.25, 0.3) is 11.1 Å². The summed E-state index contributed by atoms with van der Waals surface area (Å²) < 4.78 is 0. The van der Waals surface area contributed by atoms with E-state index < -0.39 is 0 Å². The second kappa shape index (κ2) is 5.40. The third-order valence-electron chi connectivity index (χ3n) is 2.90. The molecule has 1 heterocycles. The number of hydrogen-bond donors (Lipinski definition) is 2. The Hall–Kier alpha value is -2.88. The fourth-order valence-electron chi connectivity index (χ4n) is 1.90. The third-order valence-corrected chi connectivity index (χ3v) is 2.90. The SMILES string of the molecule is Oc1ccccc1-c1cnc(Nc2ccccc2)nc1. The van der Waals surface area contributed by atoms with E-state index in [1.165, 1.54) is 0 Å². The first-order valence-corrected chi connectivity index (χ1v) is 6.25. The number of aromatic nitrogens is 2. The maximum absolute atomic E-state index is 9.80. The lowest BCUT2D eigenvalue weighted by Gasteiger charge is -2.06. The van der Waals surface area contributed by atoms with Crippen LogP contribution in [0.2, 0.25) is 0 Å². The first-order valence-electron chi connectivity index (χ1n) is 6.25. The summed E-state index contributed by atoms with van der Waals surface area (Å²) in [5.41, 5.74) is 2.43. The smallest absolute Gasteiger partial charge is 0.227 e. The molecule has 0 bridgehead atoms. The van der Waals surface area contributed by atoms with Gasteiger partial charge < -0.3 is 10.4 Å². The van der Waals surface area contributed by atoms with Gasteiger partial charge in [0.15, 0.2) is 0 Å². The summed E-state index contributed by atoms with van der Waals surface area (Å²) in [6.45, 7) is 0. The van der Waals surface area contributed by atoms with Crippen molar-refractivity contribution in [1.29, 1.82) is 0 Å². The molecule has 4 heteroatoms. The topological polar surface area (TPSA) is 58.0 Å². The Balaban J connectivity index is 1.83. The highest BCUT2D eigenvalue weighted by Gasteiger charge is 2.04. The van der Waals surface area contributed by atoms with Crippen molar-refractivity contribution in [3.8, 4) is 16.9 Å². The molecule has 0 atom stereocenters. The molecule has 0 amide bonds. The molecular formula is C16H13N3O. The molecule has 0 aliphatic rings. The van der Waals surface area contributed by atoms with E-state index in [4.69, 9.17) is 0 Å². The summed E-state index contributed by atoms with van der Waals surface area (Å²) in [4.78, 5) is 8.52. The number of benzene rings is 2. The minimum Gasteiger partial charge on any atom is -0.507 e. The molecule has 3 aromatic rings. The molecule has 0 saturated heterocycles. The highest BCUT2D eigenvalue weighted by atomic mass is 16.3. The molecule has 4 nitrogen and oxygen atoms in total. The van der Waals surface area contributed by atoms with E-state index >= 15 is 0 Å². The zero-order valence-electron chi connectivity index (χ0n) is 10.7. The molecule has 0 spiro atoms. The van der Waals surface area contributed by atoms with Crippen molar-refractivity contribution in [3.63, 3.8) is 0 Å². The Morgan fingerprint density at radius 1 is 0.800 bits per heavy atom. The number of phenolic OH excluding ortho intramolecular Hbond substituents is 1. The third kappa shape index (κ3) is 2.59.